The van der Waals surface area contributed by atoms with Crippen molar-refractivity contribution in [2.75, 3.05) is 23.3 Å². The fraction of sp³-hybridized carbons (Fsp3) is 0.278. The third-order valence-electron chi connectivity index (χ3n) is 4.07. The Kier molecular flexibility index (Phi) is 4.68. The number of rotatable bonds is 3. The van der Waals surface area contributed by atoms with Crippen LogP contribution in [-0.2, 0) is 11.2 Å². The number of nitrogens with two attached hydrogens (primary N) is 1. The number of aryl methyl sites for hydroxylation is 1. The molecule has 2 aromatic rings. The van der Waals surface area contributed by atoms with E-state index in [4.69, 9.17) is 5.73 Å². The van der Waals surface area contributed by atoms with Gasteiger partial charge >= 0.3 is 0 Å². The van der Waals surface area contributed by atoms with Gasteiger partial charge in [-0.3, -0.25) is 4.79 Å². The quantitative estimate of drug-likeness (QED) is 0.868. The molecule has 120 valence electrons. The molecule has 1 aliphatic rings. The molecular weight excluding hydrogens is 354 g/mol. The molecule has 0 spiro atoms. The summed E-state index contributed by atoms with van der Waals surface area (Å²) >= 11 is 3.43. The van der Waals surface area contributed by atoms with Crippen molar-refractivity contribution in [3.05, 3.63) is 58.1 Å². The van der Waals surface area contributed by atoms with Crippen LogP contribution in [-0.4, -0.2) is 25.0 Å². The molecule has 5 heteroatoms. The minimum atomic E-state index is -0.0284. The molecule has 1 amide bonds. The number of benzene rings is 2. The van der Waals surface area contributed by atoms with E-state index in [1.54, 1.807) is 0 Å². The summed E-state index contributed by atoms with van der Waals surface area (Å²) in [6, 6.07) is 14.0. The summed E-state index contributed by atoms with van der Waals surface area (Å²) in [6.07, 6.45) is 0.861. The van der Waals surface area contributed by atoms with E-state index >= 15 is 0 Å². The largest absolute Gasteiger partial charge is 0.360 e. The minimum absolute atomic E-state index is 0.0284. The van der Waals surface area contributed by atoms with Gasteiger partial charge in [-0.25, -0.2) is 0 Å². The lowest BCUT2D eigenvalue weighted by Gasteiger charge is -2.34. The number of halogens is 1. The lowest BCUT2D eigenvalue weighted by atomic mass is 9.98. The van der Waals surface area contributed by atoms with Crippen LogP contribution >= 0.6 is 15.9 Å². The third-order valence-corrected chi connectivity index (χ3v) is 4.56. The standard InChI is InChI=1S/C18H20BrN3O/c1-12-8-14(19)6-7-16(12)21-18(23)11-22-10-15(20)9-13-4-2-3-5-17(13)22/h2-8,15H,9-11,20H2,1H3,(H,21,23). The van der Waals surface area contributed by atoms with E-state index in [1.807, 2.05) is 37.3 Å². The number of amides is 1. The predicted octanol–water partition coefficient (Wildman–Crippen LogP) is 3.09. The van der Waals surface area contributed by atoms with Crippen LogP contribution in [0.25, 0.3) is 0 Å². The summed E-state index contributed by atoms with van der Waals surface area (Å²) in [6.45, 7) is 2.98. The number of anilines is 2. The highest BCUT2D eigenvalue weighted by molar-refractivity contribution is 9.10. The van der Waals surface area contributed by atoms with E-state index in [1.165, 1.54) is 5.56 Å². The Morgan fingerprint density at radius 3 is 2.91 bits per heavy atom. The van der Waals surface area contributed by atoms with Crippen molar-refractivity contribution >= 4 is 33.2 Å². The van der Waals surface area contributed by atoms with E-state index in [9.17, 15) is 4.79 Å². The van der Waals surface area contributed by atoms with Gasteiger partial charge in [0.05, 0.1) is 6.54 Å². The second-order valence-corrected chi connectivity index (χ2v) is 6.90. The van der Waals surface area contributed by atoms with E-state index in [0.717, 1.165) is 27.8 Å². The fourth-order valence-corrected chi connectivity index (χ4v) is 3.48. The molecule has 1 heterocycles. The zero-order chi connectivity index (χ0) is 16.4. The first-order valence-electron chi connectivity index (χ1n) is 7.67. The maximum absolute atomic E-state index is 12.4. The Balaban J connectivity index is 1.73. The van der Waals surface area contributed by atoms with Crippen LogP contribution in [0, 0.1) is 6.92 Å². The van der Waals surface area contributed by atoms with Crippen LogP contribution in [0.15, 0.2) is 46.9 Å². The van der Waals surface area contributed by atoms with E-state index < -0.39 is 0 Å². The minimum Gasteiger partial charge on any atom is -0.360 e. The lowest BCUT2D eigenvalue weighted by Crippen LogP contribution is -2.46. The van der Waals surface area contributed by atoms with Crippen molar-refractivity contribution < 1.29 is 4.79 Å². The van der Waals surface area contributed by atoms with Crippen LogP contribution in [0.2, 0.25) is 0 Å². The molecule has 3 rings (SSSR count). The van der Waals surface area contributed by atoms with Crippen molar-refractivity contribution in [2.24, 2.45) is 5.73 Å². The summed E-state index contributed by atoms with van der Waals surface area (Å²) in [5.41, 5.74) is 10.3. The third kappa shape index (κ3) is 3.74. The van der Waals surface area contributed by atoms with Crippen molar-refractivity contribution in [1.82, 2.24) is 0 Å². The summed E-state index contributed by atoms with van der Waals surface area (Å²) in [7, 11) is 0. The van der Waals surface area contributed by atoms with Gasteiger partial charge in [0.25, 0.3) is 0 Å². The molecule has 0 bridgehead atoms. The van der Waals surface area contributed by atoms with Gasteiger partial charge in [-0.2, -0.15) is 0 Å². The molecule has 1 atom stereocenters. The molecular formula is C18H20BrN3O. The average molecular weight is 374 g/mol. The Morgan fingerprint density at radius 2 is 2.13 bits per heavy atom. The monoisotopic (exact) mass is 373 g/mol. The maximum atomic E-state index is 12.4. The normalized spacial score (nSPS) is 16.8. The molecule has 0 saturated heterocycles. The Morgan fingerprint density at radius 1 is 1.35 bits per heavy atom. The molecule has 23 heavy (non-hydrogen) atoms. The first kappa shape index (κ1) is 16.0. The summed E-state index contributed by atoms with van der Waals surface area (Å²) in [5.74, 6) is -0.0284. The van der Waals surface area contributed by atoms with Crippen LogP contribution < -0.4 is 16.0 Å². The Labute approximate surface area is 144 Å². The zero-order valence-electron chi connectivity index (χ0n) is 13.1. The van der Waals surface area contributed by atoms with E-state index in [0.29, 0.717) is 13.1 Å². The van der Waals surface area contributed by atoms with Gasteiger partial charge < -0.3 is 16.0 Å². The number of fused-ring (bicyclic) bond motifs is 1. The second-order valence-electron chi connectivity index (χ2n) is 5.98. The van der Waals surface area contributed by atoms with Crippen molar-refractivity contribution in [3.63, 3.8) is 0 Å². The van der Waals surface area contributed by atoms with Crippen LogP contribution in [0.3, 0.4) is 0 Å². The smallest absolute Gasteiger partial charge is 0.243 e. The lowest BCUT2D eigenvalue weighted by molar-refractivity contribution is -0.115. The van der Waals surface area contributed by atoms with Crippen LogP contribution in [0.1, 0.15) is 11.1 Å². The fourth-order valence-electron chi connectivity index (χ4n) is 3.00. The molecule has 0 radical (unpaired) electrons. The number of carbonyl (C=O) groups excluding carboxylic acids is 1. The van der Waals surface area contributed by atoms with Gasteiger partial charge in [0.1, 0.15) is 0 Å². The topological polar surface area (TPSA) is 58.4 Å². The predicted molar refractivity (Wildman–Crippen MR) is 97.8 cm³/mol. The molecule has 2 aromatic carbocycles. The SMILES string of the molecule is Cc1cc(Br)ccc1NC(=O)CN1CC(N)Cc2ccccc21. The summed E-state index contributed by atoms with van der Waals surface area (Å²) < 4.78 is 1.00. The summed E-state index contributed by atoms with van der Waals surface area (Å²) in [5, 5.41) is 2.99. The second kappa shape index (κ2) is 6.72. The number of hydrogen-bond donors (Lipinski definition) is 2. The molecule has 0 aromatic heterocycles. The molecule has 1 unspecified atom stereocenters. The van der Waals surface area contributed by atoms with E-state index in [-0.39, 0.29) is 11.9 Å². The first-order valence-corrected chi connectivity index (χ1v) is 8.46. The highest BCUT2D eigenvalue weighted by Crippen LogP contribution is 2.26. The van der Waals surface area contributed by atoms with Gasteiger partial charge in [0.15, 0.2) is 0 Å². The Bertz CT molecular complexity index is 732. The molecule has 0 aliphatic carbocycles. The van der Waals surface area contributed by atoms with Gasteiger partial charge in [-0.05, 0) is 48.7 Å². The number of carbonyl (C=O) groups is 1. The number of para-hydroxylation sites is 1. The molecule has 0 fully saturated rings. The molecule has 1 aliphatic heterocycles. The number of hydrogen-bond acceptors (Lipinski definition) is 3. The molecule has 4 nitrogen and oxygen atoms in total. The van der Waals surface area contributed by atoms with Crippen molar-refractivity contribution in [2.45, 2.75) is 19.4 Å². The first-order chi connectivity index (χ1) is 11.0. The highest BCUT2D eigenvalue weighted by atomic mass is 79.9. The van der Waals surface area contributed by atoms with Gasteiger partial charge in [-0.1, -0.05) is 34.1 Å². The zero-order valence-corrected chi connectivity index (χ0v) is 14.6. The van der Waals surface area contributed by atoms with Crippen LogP contribution in [0.4, 0.5) is 11.4 Å². The Hall–Kier alpha value is -1.85. The maximum Gasteiger partial charge on any atom is 0.243 e. The van der Waals surface area contributed by atoms with Crippen molar-refractivity contribution in [1.29, 1.82) is 0 Å². The molecule has 0 saturated carbocycles. The number of nitrogens with zero attached hydrogens (tertiary/aromatic N) is 1. The number of nitrogens with one attached hydrogen (secondary N) is 1. The average Bonchev–Trinajstić information content (AvgIpc) is 2.50. The van der Waals surface area contributed by atoms with Gasteiger partial charge in [0.2, 0.25) is 5.91 Å². The summed E-state index contributed by atoms with van der Waals surface area (Å²) in [4.78, 5) is 14.5. The van der Waals surface area contributed by atoms with E-state index in [2.05, 4.69) is 38.3 Å². The highest BCUT2D eigenvalue weighted by Gasteiger charge is 2.23. The van der Waals surface area contributed by atoms with Crippen LogP contribution in [0.5, 0.6) is 0 Å². The van der Waals surface area contributed by atoms with Gasteiger partial charge in [0, 0.05) is 28.4 Å². The van der Waals surface area contributed by atoms with Gasteiger partial charge in [-0.15, -0.1) is 0 Å². The molecule has 3 N–H and O–H groups in total. The van der Waals surface area contributed by atoms with Crippen molar-refractivity contribution in [3.8, 4) is 0 Å².